The summed E-state index contributed by atoms with van der Waals surface area (Å²) in [7, 11) is 1.42. The van der Waals surface area contributed by atoms with Crippen molar-refractivity contribution in [2.75, 3.05) is 11.0 Å². The van der Waals surface area contributed by atoms with Gasteiger partial charge in [-0.15, -0.1) is 0 Å². The summed E-state index contributed by atoms with van der Waals surface area (Å²) in [6.07, 6.45) is 0. The fourth-order valence-electron chi connectivity index (χ4n) is 1.19. The molecule has 14 heavy (non-hydrogen) atoms. The minimum atomic E-state index is -0.332. The summed E-state index contributed by atoms with van der Waals surface area (Å²) in [5, 5.41) is 3.13. The van der Waals surface area contributed by atoms with Gasteiger partial charge in [0.25, 0.3) is 0 Å². The number of rotatable bonds is 2. The average Bonchev–Trinajstić information content (AvgIpc) is 2.45. The molecule has 0 saturated carbocycles. The zero-order valence-corrected chi connectivity index (χ0v) is 8.07. The summed E-state index contributed by atoms with van der Waals surface area (Å²) in [6.45, 7) is 3.46. The molecule has 0 atom stereocenters. The molecule has 0 radical (unpaired) electrons. The standard InChI is InChI=1S/C8H7BFN3S/c1-9-13-5-3-6-7(2-4(5)10)14-8(11)12-6/h2-3,13H,1H2,(H2,11,12). The van der Waals surface area contributed by atoms with Gasteiger partial charge >= 0.3 is 84.2 Å². The second-order valence-corrected chi connectivity index (χ2v) is 3.76. The van der Waals surface area contributed by atoms with Crippen molar-refractivity contribution >= 4 is 45.9 Å². The van der Waals surface area contributed by atoms with E-state index in [0.717, 1.165) is 4.70 Å². The fraction of sp³-hybridized carbons (Fsp3) is 0. The molecule has 3 N–H and O–H groups in total. The molecule has 2 rings (SSSR count). The van der Waals surface area contributed by atoms with E-state index in [1.165, 1.54) is 24.5 Å². The first-order valence-corrected chi connectivity index (χ1v) is 4.75. The Labute approximate surface area is 84.7 Å². The van der Waals surface area contributed by atoms with Gasteiger partial charge in [-0.3, -0.25) is 0 Å². The van der Waals surface area contributed by atoms with Crippen molar-refractivity contribution in [1.82, 2.24) is 4.98 Å². The average molecular weight is 207 g/mol. The molecule has 0 saturated heterocycles. The van der Waals surface area contributed by atoms with Crippen LogP contribution in [0.25, 0.3) is 10.2 Å². The summed E-state index contributed by atoms with van der Waals surface area (Å²) in [5.41, 5.74) is 6.56. The molecule has 0 aliphatic rings. The number of halogens is 1. The van der Waals surface area contributed by atoms with Gasteiger partial charge in [0.2, 0.25) is 0 Å². The Hall–Kier alpha value is -1.43. The summed E-state index contributed by atoms with van der Waals surface area (Å²) in [4.78, 5) is 4.05. The molecule has 0 unspecified atom stereocenters. The molecule has 1 aromatic carbocycles. The predicted octanol–water partition coefficient (Wildman–Crippen LogP) is 1.48. The molecule has 6 heteroatoms. The van der Waals surface area contributed by atoms with Gasteiger partial charge in [0.05, 0.1) is 0 Å². The summed E-state index contributed by atoms with van der Waals surface area (Å²) in [6, 6.07) is 3.02. The second kappa shape index (κ2) is 3.38. The van der Waals surface area contributed by atoms with E-state index in [2.05, 4.69) is 16.7 Å². The van der Waals surface area contributed by atoms with E-state index in [-0.39, 0.29) is 5.82 Å². The van der Waals surface area contributed by atoms with Gasteiger partial charge < -0.3 is 0 Å². The summed E-state index contributed by atoms with van der Waals surface area (Å²) < 4.78 is 14.1. The first kappa shape index (κ1) is 9.14. The Balaban J connectivity index is 2.63. The van der Waals surface area contributed by atoms with E-state index in [9.17, 15) is 4.39 Å². The van der Waals surface area contributed by atoms with Crippen molar-refractivity contribution < 1.29 is 4.39 Å². The third kappa shape index (κ3) is 1.48. The van der Waals surface area contributed by atoms with Crippen LogP contribution in [0.5, 0.6) is 0 Å². The van der Waals surface area contributed by atoms with Crippen molar-refractivity contribution in [3.05, 3.63) is 17.9 Å². The summed E-state index contributed by atoms with van der Waals surface area (Å²) in [5.74, 6) is -0.332. The Morgan fingerprint density at radius 2 is 2.36 bits per heavy atom. The maximum absolute atomic E-state index is 13.3. The molecular weight excluding hydrogens is 200 g/mol. The quantitative estimate of drug-likeness (QED) is 0.733. The van der Waals surface area contributed by atoms with Gasteiger partial charge in [0.1, 0.15) is 0 Å². The first-order valence-electron chi connectivity index (χ1n) is 3.93. The molecule has 0 bridgehead atoms. The van der Waals surface area contributed by atoms with Gasteiger partial charge in [-0.25, -0.2) is 0 Å². The van der Waals surface area contributed by atoms with Gasteiger partial charge in [-0.05, 0) is 0 Å². The van der Waals surface area contributed by atoms with E-state index >= 15 is 0 Å². The zero-order valence-electron chi connectivity index (χ0n) is 7.25. The molecular formula is C8H7BFN3S. The molecule has 1 heterocycles. The molecule has 70 valence electrons. The third-order valence-electron chi connectivity index (χ3n) is 1.75. The van der Waals surface area contributed by atoms with Gasteiger partial charge in [-0.1, -0.05) is 0 Å². The normalized spacial score (nSPS) is 10.1. The van der Waals surface area contributed by atoms with E-state index in [4.69, 9.17) is 5.73 Å². The van der Waals surface area contributed by atoms with Crippen molar-refractivity contribution in [3.63, 3.8) is 0 Å². The van der Waals surface area contributed by atoms with Crippen molar-refractivity contribution in [3.8, 4) is 0 Å². The number of thiazole rings is 1. The molecule has 0 aliphatic carbocycles. The molecule has 1 aromatic heterocycles. The predicted molar refractivity (Wildman–Crippen MR) is 60.5 cm³/mol. The molecule has 0 aliphatic heterocycles. The Bertz CT molecular complexity index is 497. The fourth-order valence-corrected chi connectivity index (χ4v) is 1.93. The van der Waals surface area contributed by atoms with Crippen LogP contribution in [-0.2, 0) is 0 Å². The third-order valence-corrected chi connectivity index (χ3v) is 2.60. The number of aromatic nitrogens is 1. The number of benzene rings is 1. The maximum atomic E-state index is 13.3. The number of hydrogen-bond acceptors (Lipinski definition) is 4. The van der Waals surface area contributed by atoms with Crippen LogP contribution in [-0.4, -0.2) is 18.5 Å². The molecule has 0 fully saturated rings. The number of fused-ring (bicyclic) bond motifs is 1. The van der Waals surface area contributed by atoms with Crippen molar-refractivity contribution in [2.24, 2.45) is 0 Å². The van der Waals surface area contributed by atoms with Crippen molar-refractivity contribution in [2.45, 2.75) is 0 Å². The number of nitrogens with two attached hydrogens (primary N) is 1. The number of nitrogen functional groups attached to an aromatic ring is 1. The van der Waals surface area contributed by atoms with Crippen LogP contribution in [0.1, 0.15) is 0 Å². The minimum absolute atomic E-state index is 0.332. The second-order valence-electron chi connectivity index (χ2n) is 2.70. The molecule has 0 spiro atoms. The Morgan fingerprint density at radius 3 is 3.07 bits per heavy atom. The molecule has 3 nitrogen and oxygen atoms in total. The number of nitrogens with zero attached hydrogens (tertiary/aromatic N) is 1. The first-order chi connectivity index (χ1) is 6.70. The van der Waals surface area contributed by atoms with E-state index in [1.54, 1.807) is 6.07 Å². The van der Waals surface area contributed by atoms with E-state index in [0.29, 0.717) is 16.3 Å². The van der Waals surface area contributed by atoms with Crippen LogP contribution in [0.15, 0.2) is 12.1 Å². The number of anilines is 2. The van der Waals surface area contributed by atoms with Gasteiger partial charge in [0.15, 0.2) is 0 Å². The summed E-state index contributed by atoms with van der Waals surface area (Å²) >= 11 is 1.27. The monoisotopic (exact) mass is 207 g/mol. The Morgan fingerprint density at radius 1 is 1.57 bits per heavy atom. The topological polar surface area (TPSA) is 50.9 Å². The van der Waals surface area contributed by atoms with Gasteiger partial charge in [0, 0.05) is 0 Å². The van der Waals surface area contributed by atoms with Crippen LogP contribution in [0, 0.1) is 5.82 Å². The zero-order chi connectivity index (χ0) is 10.1. The van der Waals surface area contributed by atoms with Crippen LogP contribution in [0.3, 0.4) is 0 Å². The molecule has 2 aromatic rings. The van der Waals surface area contributed by atoms with Gasteiger partial charge in [-0.2, -0.15) is 0 Å². The van der Waals surface area contributed by atoms with Crippen molar-refractivity contribution in [1.29, 1.82) is 0 Å². The van der Waals surface area contributed by atoms with Crippen LogP contribution >= 0.6 is 11.3 Å². The van der Waals surface area contributed by atoms with Crippen LogP contribution in [0.4, 0.5) is 15.2 Å². The number of hydrogen-bond donors (Lipinski definition) is 2. The molecule has 0 amide bonds. The van der Waals surface area contributed by atoms with E-state index in [1.807, 2.05) is 0 Å². The van der Waals surface area contributed by atoms with Crippen LogP contribution in [0.2, 0.25) is 0 Å². The van der Waals surface area contributed by atoms with E-state index < -0.39 is 0 Å². The SMILES string of the molecule is C=BNc1cc2nc(N)sc2cc1F. The number of nitrogens with one attached hydrogen (secondary N) is 1. The van der Waals surface area contributed by atoms with Crippen LogP contribution < -0.4 is 11.0 Å². The Kier molecular flexibility index (Phi) is 2.21.